The molecule has 1 aliphatic rings. The molecule has 1 aliphatic heterocycles. The van der Waals surface area contributed by atoms with Gasteiger partial charge in [0.2, 0.25) is 0 Å². The molecule has 0 radical (unpaired) electrons. The fraction of sp³-hybridized carbons (Fsp3) is 0.238. The van der Waals surface area contributed by atoms with Crippen molar-refractivity contribution in [3.63, 3.8) is 0 Å². The Kier molecular flexibility index (Phi) is 4.92. The Balaban J connectivity index is 1.81. The van der Waals surface area contributed by atoms with Gasteiger partial charge in [0.1, 0.15) is 0 Å². The molecule has 0 saturated carbocycles. The zero-order chi connectivity index (χ0) is 19.7. The van der Waals surface area contributed by atoms with Gasteiger partial charge in [-0.15, -0.1) is 11.3 Å². The van der Waals surface area contributed by atoms with Crippen molar-refractivity contribution in [1.29, 1.82) is 0 Å². The third-order valence-electron chi connectivity index (χ3n) is 5.00. The number of nitrogens with zero attached hydrogens (tertiary/aromatic N) is 2. The van der Waals surface area contributed by atoms with Crippen LogP contribution >= 0.6 is 11.3 Å². The Bertz CT molecular complexity index is 986. The molecule has 0 saturated heterocycles. The Morgan fingerprint density at radius 1 is 1.18 bits per heavy atom. The van der Waals surface area contributed by atoms with E-state index in [2.05, 4.69) is 0 Å². The van der Waals surface area contributed by atoms with E-state index < -0.39 is 0 Å². The van der Waals surface area contributed by atoms with E-state index in [4.69, 9.17) is 9.47 Å². The van der Waals surface area contributed by atoms with Crippen molar-refractivity contribution in [3.05, 3.63) is 80.9 Å². The summed E-state index contributed by atoms with van der Waals surface area (Å²) in [5.41, 5.74) is 2.68. The third-order valence-corrected chi connectivity index (χ3v) is 5.92. The molecule has 1 amide bonds. The fourth-order valence-electron chi connectivity index (χ4n) is 3.64. The highest BCUT2D eigenvalue weighted by Crippen LogP contribution is 2.42. The van der Waals surface area contributed by atoms with Crippen LogP contribution in [0.15, 0.2) is 54.2 Å². The summed E-state index contributed by atoms with van der Waals surface area (Å²) in [6.45, 7) is 0.580. The largest absolute Gasteiger partial charge is 0.619 e. The Morgan fingerprint density at radius 3 is 2.54 bits per heavy atom. The molecule has 0 spiro atoms. The van der Waals surface area contributed by atoms with Crippen LogP contribution in [0.1, 0.15) is 32.4 Å². The molecule has 2 aromatic heterocycles. The lowest BCUT2D eigenvalue weighted by Crippen LogP contribution is -2.40. The first-order valence-electron chi connectivity index (χ1n) is 8.90. The number of benzene rings is 1. The standard InChI is InChI=1S/C21H20N2O4S/c1-26-17-12-15-7-10-23(21(24)14-5-8-22(25)9-6-14)20(19-4-3-11-28-19)16(15)13-18(17)27-2/h3-6,8-9,11-13,20H,7,10H2,1-2H3. The maximum Gasteiger partial charge on any atom is 0.255 e. The third kappa shape index (κ3) is 3.18. The van der Waals surface area contributed by atoms with Crippen molar-refractivity contribution >= 4 is 17.2 Å². The summed E-state index contributed by atoms with van der Waals surface area (Å²) in [5, 5.41) is 13.3. The highest BCUT2D eigenvalue weighted by atomic mass is 32.1. The number of methoxy groups -OCH3 is 2. The number of aromatic nitrogens is 1. The van der Waals surface area contributed by atoms with Crippen LogP contribution in [0.2, 0.25) is 0 Å². The molecule has 6 nitrogen and oxygen atoms in total. The average Bonchev–Trinajstić information content (AvgIpc) is 3.26. The second kappa shape index (κ2) is 7.52. The first-order valence-corrected chi connectivity index (χ1v) is 9.78. The number of rotatable bonds is 4. The van der Waals surface area contributed by atoms with Crippen molar-refractivity contribution in [2.75, 3.05) is 20.8 Å². The molecule has 0 N–H and O–H groups in total. The maximum atomic E-state index is 13.3. The molecule has 7 heteroatoms. The van der Waals surface area contributed by atoms with Gasteiger partial charge in [0.25, 0.3) is 5.91 Å². The van der Waals surface area contributed by atoms with Gasteiger partial charge >= 0.3 is 0 Å². The lowest BCUT2D eigenvalue weighted by Gasteiger charge is -2.37. The minimum absolute atomic E-state index is 0.0977. The summed E-state index contributed by atoms with van der Waals surface area (Å²) < 4.78 is 11.6. The van der Waals surface area contributed by atoms with E-state index in [1.165, 1.54) is 12.4 Å². The monoisotopic (exact) mass is 396 g/mol. The minimum Gasteiger partial charge on any atom is -0.619 e. The van der Waals surface area contributed by atoms with E-state index in [1.54, 1.807) is 37.7 Å². The van der Waals surface area contributed by atoms with Gasteiger partial charge in [-0.05, 0) is 41.1 Å². The molecule has 1 unspecified atom stereocenters. The lowest BCUT2D eigenvalue weighted by molar-refractivity contribution is -0.605. The first-order chi connectivity index (χ1) is 13.6. The van der Waals surface area contributed by atoms with Gasteiger partial charge in [0.15, 0.2) is 23.9 Å². The van der Waals surface area contributed by atoms with Gasteiger partial charge in [0.05, 0.1) is 25.8 Å². The minimum atomic E-state index is -0.212. The van der Waals surface area contributed by atoms with E-state index in [0.29, 0.717) is 28.3 Å². The summed E-state index contributed by atoms with van der Waals surface area (Å²) in [7, 11) is 3.23. The molecule has 4 rings (SSSR count). The van der Waals surface area contributed by atoms with Gasteiger partial charge in [-0.2, -0.15) is 4.73 Å². The molecule has 0 bridgehead atoms. The number of thiophene rings is 1. The first kappa shape index (κ1) is 18.3. The number of hydrogen-bond acceptors (Lipinski definition) is 5. The Morgan fingerprint density at radius 2 is 1.89 bits per heavy atom. The number of amides is 1. The normalized spacial score (nSPS) is 15.8. The summed E-state index contributed by atoms with van der Waals surface area (Å²) in [6.07, 6.45) is 3.41. The summed E-state index contributed by atoms with van der Waals surface area (Å²) >= 11 is 1.62. The van der Waals surface area contributed by atoms with E-state index in [-0.39, 0.29) is 11.9 Å². The predicted molar refractivity (Wildman–Crippen MR) is 106 cm³/mol. The second-order valence-electron chi connectivity index (χ2n) is 6.52. The lowest BCUT2D eigenvalue weighted by atomic mass is 9.90. The van der Waals surface area contributed by atoms with E-state index >= 15 is 0 Å². The number of hydrogen-bond donors (Lipinski definition) is 0. The van der Waals surface area contributed by atoms with Gasteiger partial charge in [-0.25, -0.2) is 0 Å². The van der Waals surface area contributed by atoms with Crippen LogP contribution in [0.25, 0.3) is 0 Å². The van der Waals surface area contributed by atoms with E-state index in [0.717, 1.165) is 22.4 Å². The summed E-state index contributed by atoms with van der Waals surface area (Å²) in [5.74, 6) is 1.23. The molecule has 3 aromatic rings. The fourth-order valence-corrected chi connectivity index (χ4v) is 4.49. The topological polar surface area (TPSA) is 65.7 Å². The number of ether oxygens (including phenoxy) is 2. The van der Waals surface area contributed by atoms with Crippen LogP contribution in [-0.2, 0) is 6.42 Å². The molecule has 28 heavy (non-hydrogen) atoms. The van der Waals surface area contributed by atoms with Gasteiger partial charge in [-0.3, -0.25) is 4.79 Å². The summed E-state index contributed by atoms with van der Waals surface area (Å²) in [4.78, 5) is 16.2. The van der Waals surface area contributed by atoms with Crippen LogP contribution in [0.4, 0.5) is 0 Å². The van der Waals surface area contributed by atoms with Crippen molar-refractivity contribution < 1.29 is 19.0 Å². The zero-order valence-corrected chi connectivity index (χ0v) is 16.4. The van der Waals surface area contributed by atoms with Crippen LogP contribution in [0.3, 0.4) is 0 Å². The SMILES string of the molecule is COc1cc2c(cc1OC)C(c1cccs1)N(C(=O)c1cc[n+]([O-])cc1)CC2. The van der Waals surface area contributed by atoms with Crippen molar-refractivity contribution in [2.45, 2.75) is 12.5 Å². The number of carbonyl (C=O) groups excluding carboxylic acids is 1. The van der Waals surface area contributed by atoms with Gasteiger partial charge < -0.3 is 19.6 Å². The molecule has 1 aromatic carbocycles. The molecule has 1 atom stereocenters. The van der Waals surface area contributed by atoms with Crippen LogP contribution in [-0.4, -0.2) is 31.6 Å². The molecule has 0 fully saturated rings. The van der Waals surface area contributed by atoms with E-state index in [1.807, 2.05) is 34.5 Å². The quantitative estimate of drug-likeness (QED) is 0.502. The Labute approximate surface area is 167 Å². The second-order valence-corrected chi connectivity index (χ2v) is 7.50. The molecule has 144 valence electrons. The number of pyridine rings is 1. The van der Waals surface area contributed by atoms with Gasteiger partial charge in [-0.1, -0.05) is 6.07 Å². The number of fused-ring (bicyclic) bond motifs is 1. The molecule has 3 heterocycles. The molecule has 0 aliphatic carbocycles. The highest BCUT2D eigenvalue weighted by Gasteiger charge is 2.34. The molecular formula is C21H20N2O4S. The van der Waals surface area contributed by atoms with Crippen molar-refractivity contribution in [2.24, 2.45) is 0 Å². The smallest absolute Gasteiger partial charge is 0.255 e. The number of carbonyl (C=O) groups is 1. The van der Waals surface area contributed by atoms with Gasteiger partial charge in [0, 0.05) is 23.6 Å². The average molecular weight is 396 g/mol. The summed E-state index contributed by atoms with van der Waals surface area (Å²) in [6, 6.07) is 10.9. The molecular weight excluding hydrogens is 376 g/mol. The van der Waals surface area contributed by atoms with Crippen LogP contribution in [0, 0.1) is 5.21 Å². The van der Waals surface area contributed by atoms with Crippen LogP contribution in [0.5, 0.6) is 11.5 Å². The van der Waals surface area contributed by atoms with Crippen molar-refractivity contribution in [3.8, 4) is 11.5 Å². The van der Waals surface area contributed by atoms with Crippen LogP contribution < -0.4 is 14.2 Å². The Hall–Kier alpha value is -3.06. The maximum absolute atomic E-state index is 13.3. The predicted octanol–water partition coefficient (Wildman–Crippen LogP) is 3.19. The zero-order valence-electron chi connectivity index (χ0n) is 15.6. The highest BCUT2D eigenvalue weighted by molar-refractivity contribution is 7.10. The van der Waals surface area contributed by atoms with E-state index in [9.17, 15) is 10.0 Å². The van der Waals surface area contributed by atoms with Crippen molar-refractivity contribution in [1.82, 2.24) is 4.90 Å².